The molecule has 0 aliphatic carbocycles. The Morgan fingerprint density at radius 3 is 2.14 bits per heavy atom. The second-order valence-corrected chi connectivity index (χ2v) is 4.96. The van der Waals surface area contributed by atoms with Crippen LogP contribution in [-0.4, -0.2) is 24.9 Å². The van der Waals surface area contributed by atoms with Crippen molar-refractivity contribution in [1.82, 2.24) is 10.6 Å². The molecule has 0 unspecified atom stereocenters. The highest BCUT2D eigenvalue weighted by Gasteiger charge is 2.30. The molecule has 0 bridgehead atoms. The van der Waals surface area contributed by atoms with Gasteiger partial charge in [-0.25, -0.2) is 0 Å². The van der Waals surface area contributed by atoms with Crippen molar-refractivity contribution in [2.75, 3.05) is 13.1 Å². The van der Waals surface area contributed by atoms with Crippen LogP contribution in [0.15, 0.2) is 24.3 Å². The number of carbonyl (C=O) groups is 2. The molecule has 1 aromatic carbocycles. The standard InChI is InChI=1S/C14H17F3N2O2/c1-9(2)7-18-12(20)8-19-13(21)10-3-5-11(6-4-10)14(15,16)17/h3-6,9H,7-8H2,1-2H3,(H,18,20)(H,19,21). The topological polar surface area (TPSA) is 58.2 Å². The van der Waals surface area contributed by atoms with Gasteiger partial charge in [-0.05, 0) is 30.2 Å². The highest BCUT2D eigenvalue weighted by molar-refractivity contribution is 5.96. The van der Waals surface area contributed by atoms with Gasteiger partial charge in [0.25, 0.3) is 5.91 Å². The molecule has 4 nitrogen and oxygen atoms in total. The maximum Gasteiger partial charge on any atom is 0.416 e. The first-order valence-corrected chi connectivity index (χ1v) is 6.42. The molecule has 0 aromatic heterocycles. The van der Waals surface area contributed by atoms with Crippen LogP contribution < -0.4 is 10.6 Å². The first-order valence-electron chi connectivity index (χ1n) is 6.42. The van der Waals surface area contributed by atoms with Crippen LogP contribution in [-0.2, 0) is 11.0 Å². The summed E-state index contributed by atoms with van der Waals surface area (Å²) in [6.07, 6.45) is -4.44. The van der Waals surface area contributed by atoms with Crippen LogP contribution in [0.4, 0.5) is 13.2 Å². The molecular formula is C14H17F3N2O2. The Kier molecular flexibility index (Phi) is 5.75. The van der Waals surface area contributed by atoms with Gasteiger partial charge in [0.15, 0.2) is 0 Å². The van der Waals surface area contributed by atoms with E-state index >= 15 is 0 Å². The minimum atomic E-state index is -4.44. The van der Waals surface area contributed by atoms with E-state index in [2.05, 4.69) is 10.6 Å². The Bertz CT molecular complexity index is 496. The molecule has 21 heavy (non-hydrogen) atoms. The quantitative estimate of drug-likeness (QED) is 0.876. The molecule has 2 amide bonds. The van der Waals surface area contributed by atoms with Crippen molar-refractivity contribution in [2.45, 2.75) is 20.0 Å². The first kappa shape index (κ1) is 17.0. The molecule has 7 heteroatoms. The number of hydrogen-bond acceptors (Lipinski definition) is 2. The zero-order chi connectivity index (χ0) is 16.0. The summed E-state index contributed by atoms with van der Waals surface area (Å²) >= 11 is 0. The molecule has 0 radical (unpaired) electrons. The minimum Gasteiger partial charge on any atom is -0.354 e. The second kappa shape index (κ2) is 7.10. The Morgan fingerprint density at radius 1 is 1.10 bits per heavy atom. The lowest BCUT2D eigenvalue weighted by Crippen LogP contribution is -2.38. The monoisotopic (exact) mass is 302 g/mol. The van der Waals surface area contributed by atoms with E-state index in [1.807, 2.05) is 13.8 Å². The Balaban J connectivity index is 2.51. The van der Waals surface area contributed by atoms with Crippen molar-refractivity contribution in [2.24, 2.45) is 5.92 Å². The molecule has 2 N–H and O–H groups in total. The van der Waals surface area contributed by atoms with E-state index in [1.54, 1.807) is 0 Å². The third kappa shape index (κ3) is 5.85. The van der Waals surface area contributed by atoms with Gasteiger partial charge in [0.2, 0.25) is 5.91 Å². The van der Waals surface area contributed by atoms with Crippen molar-refractivity contribution >= 4 is 11.8 Å². The maximum atomic E-state index is 12.4. The zero-order valence-corrected chi connectivity index (χ0v) is 11.8. The van der Waals surface area contributed by atoms with Gasteiger partial charge in [0, 0.05) is 12.1 Å². The SMILES string of the molecule is CC(C)CNC(=O)CNC(=O)c1ccc(C(F)(F)F)cc1. The van der Waals surface area contributed by atoms with E-state index in [0.29, 0.717) is 12.5 Å². The number of rotatable bonds is 5. The normalized spacial score (nSPS) is 11.3. The maximum absolute atomic E-state index is 12.4. The smallest absolute Gasteiger partial charge is 0.354 e. The number of halogens is 3. The molecule has 1 rings (SSSR count). The van der Waals surface area contributed by atoms with Gasteiger partial charge in [-0.3, -0.25) is 9.59 Å². The lowest BCUT2D eigenvalue weighted by molar-refractivity contribution is -0.137. The van der Waals surface area contributed by atoms with Crippen molar-refractivity contribution in [3.8, 4) is 0 Å². The van der Waals surface area contributed by atoms with Crippen molar-refractivity contribution in [3.63, 3.8) is 0 Å². The predicted octanol–water partition coefficient (Wildman–Crippen LogP) is 2.21. The minimum absolute atomic E-state index is 0.0691. The van der Waals surface area contributed by atoms with Crippen LogP contribution in [0.1, 0.15) is 29.8 Å². The Hall–Kier alpha value is -2.05. The van der Waals surface area contributed by atoms with E-state index in [-0.39, 0.29) is 18.0 Å². The number of amides is 2. The van der Waals surface area contributed by atoms with E-state index in [4.69, 9.17) is 0 Å². The lowest BCUT2D eigenvalue weighted by Gasteiger charge is -2.09. The van der Waals surface area contributed by atoms with Crippen molar-refractivity contribution in [3.05, 3.63) is 35.4 Å². The van der Waals surface area contributed by atoms with Gasteiger partial charge >= 0.3 is 6.18 Å². The summed E-state index contributed by atoms with van der Waals surface area (Å²) in [4.78, 5) is 23.1. The van der Waals surface area contributed by atoms with Crippen LogP contribution >= 0.6 is 0 Å². The number of hydrogen-bond donors (Lipinski definition) is 2. The number of carbonyl (C=O) groups excluding carboxylic acids is 2. The summed E-state index contributed by atoms with van der Waals surface area (Å²) in [7, 11) is 0. The molecule has 0 fully saturated rings. The summed E-state index contributed by atoms with van der Waals surface area (Å²) in [5.41, 5.74) is -0.756. The molecular weight excluding hydrogens is 285 g/mol. The van der Waals surface area contributed by atoms with Crippen LogP contribution in [0.5, 0.6) is 0 Å². The van der Waals surface area contributed by atoms with E-state index < -0.39 is 17.6 Å². The summed E-state index contributed by atoms with van der Waals surface area (Å²) in [6.45, 7) is 4.14. The van der Waals surface area contributed by atoms with Crippen LogP contribution in [0.3, 0.4) is 0 Å². The third-order valence-corrected chi connectivity index (χ3v) is 2.59. The molecule has 0 aliphatic heterocycles. The van der Waals surface area contributed by atoms with Crippen molar-refractivity contribution < 1.29 is 22.8 Å². The van der Waals surface area contributed by atoms with Crippen LogP contribution in [0, 0.1) is 5.92 Å². The molecule has 0 saturated carbocycles. The number of benzene rings is 1. The highest BCUT2D eigenvalue weighted by Crippen LogP contribution is 2.28. The fraction of sp³-hybridized carbons (Fsp3) is 0.429. The van der Waals surface area contributed by atoms with Crippen LogP contribution in [0.2, 0.25) is 0 Å². The average molecular weight is 302 g/mol. The molecule has 0 aliphatic rings. The van der Waals surface area contributed by atoms with Gasteiger partial charge < -0.3 is 10.6 Å². The number of alkyl halides is 3. The van der Waals surface area contributed by atoms with Crippen molar-refractivity contribution in [1.29, 1.82) is 0 Å². The Labute approximate surface area is 120 Å². The predicted molar refractivity (Wildman–Crippen MR) is 71.6 cm³/mol. The molecule has 1 aromatic rings. The van der Waals surface area contributed by atoms with Gasteiger partial charge in [0.05, 0.1) is 12.1 Å². The second-order valence-electron chi connectivity index (χ2n) is 4.96. The average Bonchev–Trinajstić information content (AvgIpc) is 2.41. The lowest BCUT2D eigenvalue weighted by atomic mass is 10.1. The molecule has 116 valence electrons. The Morgan fingerprint density at radius 2 is 1.67 bits per heavy atom. The van der Waals surface area contributed by atoms with Gasteiger partial charge in [-0.2, -0.15) is 13.2 Å². The first-order chi connectivity index (χ1) is 9.70. The molecule has 0 heterocycles. The summed E-state index contributed by atoms with van der Waals surface area (Å²) in [5.74, 6) is -0.646. The van der Waals surface area contributed by atoms with E-state index in [1.165, 1.54) is 0 Å². The van der Waals surface area contributed by atoms with Gasteiger partial charge in [-0.15, -0.1) is 0 Å². The summed E-state index contributed by atoms with van der Waals surface area (Å²) in [6, 6.07) is 3.80. The fourth-order valence-corrected chi connectivity index (χ4v) is 1.45. The molecule has 0 spiro atoms. The molecule has 0 atom stereocenters. The zero-order valence-electron chi connectivity index (χ0n) is 11.8. The van der Waals surface area contributed by atoms with E-state index in [0.717, 1.165) is 24.3 Å². The largest absolute Gasteiger partial charge is 0.416 e. The third-order valence-electron chi connectivity index (χ3n) is 2.59. The fourth-order valence-electron chi connectivity index (χ4n) is 1.45. The van der Waals surface area contributed by atoms with Crippen LogP contribution in [0.25, 0.3) is 0 Å². The number of nitrogens with one attached hydrogen (secondary N) is 2. The van der Waals surface area contributed by atoms with E-state index in [9.17, 15) is 22.8 Å². The highest BCUT2D eigenvalue weighted by atomic mass is 19.4. The summed E-state index contributed by atoms with van der Waals surface area (Å²) < 4.78 is 37.1. The summed E-state index contributed by atoms with van der Waals surface area (Å²) in [5, 5.41) is 4.96. The molecule has 0 saturated heterocycles. The van der Waals surface area contributed by atoms with Gasteiger partial charge in [-0.1, -0.05) is 13.8 Å². The van der Waals surface area contributed by atoms with Gasteiger partial charge in [0.1, 0.15) is 0 Å².